The van der Waals surface area contributed by atoms with Crippen molar-refractivity contribution in [2.45, 2.75) is 371 Å². The molecule has 0 radical (unpaired) electrons. The van der Waals surface area contributed by atoms with E-state index < -0.39 is 108 Å². The maximum Gasteiger partial charge on any atom is 0.472 e. The zero-order valence-corrected chi connectivity index (χ0v) is 58.3. The van der Waals surface area contributed by atoms with E-state index in [1.54, 1.807) is 0 Å². The third kappa shape index (κ3) is 42.5. The lowest BCUT2D eigenvalue weighted by atomic mass is 9.95. The first-order chi connectivity index (χ1) is 43.4. The first kappa shape index (κ1) is 85.1. The van der Waals surface area contributed by atoms with E-state index in [1.807, 2.05) is 0 Å². The van der Waals surface area contributed by atoms with E-state index in [0.29, 0.717) is 32.1 Å². The molecule has 0 unspecified atom stereocenters. The molecule has 0 saturated carbocycles. The Morgan fingerprint density at radius 2 is 0.844 bits per heavy atom. The molecule has 2 aliphatic heterocycles. The fourth-order valence-electron chi connectivity index (χ4n) is 11.9. The first-order valence-electron chi connectivity index (χ1n) is 35.8. The lowest BCUT2D eigenvalue weighted by molar-refractivity contribution is -0.319. The van der Waals surface area contributed by atoms with Crippen LogP contribution in [0.1, 0.15) is 291 Å². The number of phosphoric acid groups is 2. The molecule has 2 fully saturated rings. The minimum Gasteiger partial charge on any atom is -0.393 e. The van der Waals surface area contributed by atoms with Crippen LogP contribution >= 0.6 is 15.6 Å². The molecule has 534 valence electrons. The number of nitrogens with one attached hydrogen (secondary N) is 1. The number of methoxy groups -OCH3 is 1. The predicted octanol–water partition coefficient (Wildman–Crippen LogP) is 13.4. The van der Waals surface area contributed by atoms with Crippen LogP contribution in [0.2, 0.25) is 0 Å². The first-order valence-corrected chi connectivity index (χ1v) is 38.8. The minimum absolute atomic E-state index is 0.0842. The fourth-order valence-corrected chi connectivity index (χ4v) is 12.9. The highest BCUT2D eigenvalue weighted by Gasteiger charge is 2.53. The van der Waals surface area contributed by atoms with Gasteiger partial charge in [-0.05, 0) is 64.2 Å². The topological polar surface area (TPSA) is 308 Å². The Balaban J connectivity index is 2.43. The van der Waals surface area contributed by atoms with Gasteiger partial charge in [0, 0.05) is 26.9 Å². The maximum absolute atomic E-state index is 14.1. The number of hydrogen-bond acceptors (Lipinski definition) is 16. The number of ether oxygens (including phenoxy) is 7. The van der Waals surface area contributed by atoms with Crippen molar-refractivity contribution in [1.29, 1.82) is 0 Å². The summed E-state index contributed by atoms with van der Waals surface area (Å²) in [7, 11) is -9.29. The average Bonchev–Trinajstić information content (AvgIpc) is 0.828. The summed E-state index contributed by atoms with van der Waals surface area (Å²) >= 11 is 0. The Morgan fingerprint density at radius 3 is 1.31 bits per heavy atom. The fraction of sp³-hybridized carbons (Fsp3) is 0.955. The van der Waals surface area contributed by atoms with Crippen molar-refractivity contribution in [3.05, 3.63) is 12.2 Å². The Hall–Kier alpha value is -1.01. The molecule has 0 aromatic rings. The van der Waals surface area contributed by atoms with Gasteiger partial charge in [-0.25, -0.2) is 9.13 Å². The van der Waals surface area contributed by atoms with Gasteiger partial charge < -0.3 is 78.5 Å². The van der Waals surface area contributed by atoms with Crippen molar-refractivity contribution in [2.75, 3.05) is 40.1 Å². The Kier molecular flexibility index (Phi) is 51.1. The molecular formula is C67H131NO20P2. The summed E-state index contributed by atoms with van der Waals surface area (Å²) in [6.07, 6.45) is 27.2. The molecule has 0 aromatic heterocycles. The summed E-state index contributed by atoms with van der Waals surface area (Å²) in [6, 6.07) is -1.43. The van der Waals surface area contributed by atoms with Crippen LogP contribution in [-0.2, 0) is 56.1 Å². The van der Waals surface area contributed by atoms with Gasteiger partial charge >= 0.3 is 15.6 Å². The van der Waals surface area contributed by atoms with Gasteiger partial charge in [-0.3, -0.25) is 13.8 Å². The highest BCUT2D eigenvalue weighted by molar-refractivity contribution is 7.46. The van der Waals surface area contributed by atoms with Crippen LogP contribution in [0.15, 0.2) is 12.2 Å². The third-order valence-electron chi connectivity index (χ3n) is 17.2. The highest BCUT2D eigenvalue weighted by atomic mass is 31.2. The number of aliphatic hydroxyl groups is 4. The Labute approximate surface area is 543 Å². The minimum atomic E-state index is -5.32. The van der Waals surface area contributed by atoms with Crippen LogP contribution in [0.25, 0.3) is 0 Å². The second kappa shape index (κ2) is 54.1. The van der Waals surface area contributed by atoms with Crippen molar-refractivity contribution < 1.29 is 96.1 Å². The molecule has 9 N–H and O–H groups in total. The van der Waals surface area contributed by atoms with Gasteiger partial charge in [-0.1, -0.05) is 232 Å². The van der Waals surface area contributed by atoms with Crippen LogP contribution < -0.4 is 5.32 Å². The van der Waals surface area contributed by atoms with E-state index in [2.05, 4.69) is 45.2 Å². The lowest BCUT2D eigenvalue weighted by Gasteiger charge is -2.47. The van der Waals surface area contributed by atoms with Crippen LogP contribution in [0, 0.1) is 0 Å². The number of amides is 1. The van der Waals surface area contributed by atoms with E-state index in [-0.39, 0.29) is 45.7 Å². The van der Waals surface area contributed by atoms with Gasteiger partial charge in [0.05, 0.1) is 37.9 Å². The summed E-state index contributed by atoms with van der Waals surface area (Å²) in [6.45, 7) is 7.71. The van der Waals surface area contributed by atoms with Gasteiger partial charge in [0.25, 0.3) is 0 Å². The van der Waals surface area contributed by atoms with E-state index in [4.69, 9.17) is 42.2 Å². The number of carbonyl (C=O) groups excluding carboxylic acids is 1. The zero-order valence-electron chi connectivity index (χ0n) is 56.6. The summed E-state index contributed by atoms with van der Waals surface area (Å²) < 4.78 is 79.5. The molecule has 23 heteroatoms. The summed E-state index contributed by atoms with van der Waals surface area (Å²) in [5, 5.41) is 48.3. The molecule has 21 nitrogen and oxygen atoms in total. The van der Waals surface area contributed by atoms with Crippen molar-refractivity contribution >= 4 is 21.6 Å². The SMILES string of the molecule is CCCCCC/C=C/CCCCCCC[C@@H](O)CC(=O)N[C@H]1[C@H](OC[C@H]2O[C@H](OP(=O)(O)O)[C@H](OCC[C@H](O)CCCCCCCCCCC)[C@@H](OCCCCCCCCCCCC)[C@@H]2O)O[C@H](COC)[C@@H](OP(=O)(O)O)[C@@H]1OCC[C@H](O)CCCCCCC. The van der Waals surface area contributed by atoms with E-state index in [1.165, 1.54) is 97.0 Å². The molecular weight excluding hydrogens is 1200 g/mol. The van der Waals surface area contributed by atoms with Gasteiger partial charge in [0.15, 0.2) is 12.6 Å². The zero-order chi connectivity index (χ0) is 66.1. The van der Waals surface area contributed by atoms with Crippen molar-refractivity contribution in [3.63, 3.8) is 0 Å². The van der Waals surface area contributed by atoms with Crippen LogP contribution in [0.5, 0.6) is 0 Å². The standard InChI is InChI=1S/C67H131NO20P2/c1-6-10-14-18-21-24-26-27-28-30-33-37-41-45-56(71)51-59(72)68-60-63(82-49-46-54(69)43-39-35-17-13-9-4)62(87-89(74,75)76)58(52-80-5)86-66(60)84-53-57-61(73)64(81-48-42-38-34-31-25-22-19-15-11-7-2)65(67(85-57)88-90(77,78)79)83-50-47-55(70)44-40-36-32-29-23-20-16-12-8-3/h24,26,54-58,60-67,69-71,73H,6-23,25,27-53H2,1-5H3,(H,68,72)(H2,74,75,76)(H2,77,78,79)/b26-24+/t54-,55-,56-,57-,58-,60-,61-,62-,63-,64+,65-,66-,67-/m1/s1. The number of hydrogen-bond donors (Lipinski definition) is 9. The number of carbonyl (C=O) groups is 1. The normalized spacial score (nSPS) is 23.6. The van der Waals surface area contributed by atoms with Crippen LogP contribution in [0.3, 0.4) is 0 Å². The molecule has 2 saturated heterocycles. The number of allylic oxidation sites excluding steroid dienone is 2. The summed E-state index contributed by atoms with van der Waals surface area (Å²) in [5.74, 6) is -0.671. The van der Waals surface area contributed by atoms with Crippen molar-refractivity contribution in [1.82, 2.24) is 5.32 Å². The smallest absolute Gasteiger partial charge is 0.393 e. The molecule has 2 aliphatic rings. The van der Waals surface area contributed by atoms with E-state index in [0.717, 1.165) is 122 Å². The van der Waals surface area contributed by atoms with Gasteiger partial charge in [0.2, 0.25) is 5.91 Å². The molecule has 0 aliphatic carbocycles. The van der Waals surface area contributed by atoms with Crippen molar-refractivity contribution in [3.8, 4) is 0 Å². The number of phosphoric ester groups is 2. The van der Waals surface area contributed by atoms with Crippen LogP contribution in [0.4, 0.5) is 0 Å². The van der Waals surface area contributed by atoms with E-state index in [9.17, 15) is 53.9 Å². The van der Waals surface area contributed by atoms with Crippen molar-refractivity contribution in [2.24, 2.45) is 0 Å². The largest absolute Gasteiger partial charge is 0.472 e. The molecule has 90 heavy (non-hydrogen) atoms. The molecule has 2 rings (SSSR count). The molecule has 1 amide bonds. The van der Waals surface area contributed by atoms with E-state index >= 15 is 0 Å². The average molecular weight is 1330 g/mol. The predicted molar refractivity (Wildman–Crippen MR) is 352 cm³/mol. The molecule has 0 spiro atoms. The quantitative estimate of drug-likeness (QED) is 0.0155. The number of aliphatic hydroxyl groups excluding tert-OH is 4. The van der Waals surface area contributed by atoms with Gasteiger partial charge in [-0.15, -0.1) is 0 Å². The Morgan fingerprint density at radius 1 is 0.444 bits per heavy atom. The second-order valence-corrected chi connectivity index (χ2v) is 27.9. The van der Waals surface area contributed by atoms with Gasteiger partial charge in [0.1, 0.15) is 48.8 Å². The lowest BCUT2D eigenvalue weighted by Crippen LogP contribution is -2.67. The highest BCUT2D eigenvalue weighted by Crippen LogP contribution is 2.44. The summed E-state index contributed by atoms with van der Waals surface area (Å²) in [5.41, 5.74) is 0. The molecule has 0 aromatic carbocycles. The molecule has 13 atom stereocenters. The monoisotopic (exact) mass is 1330 g/mol. The molecule has 0 bridgehead atoms. The number of rotatable bonds is 61. The summed E-state index contributed by atoms with van der Waals surface area (Å²) in [4.78, 5) is 55.3. The maximum atomic E-state index is 14.1. The van der Waals surface area contributed by atoms with Gasteiger partial charge in [-0.2, -0.15) is 0 Å². The third-order valence-corrected chi connectivity index (χ3v) is 18.2. The van der Waals surface area contributed by atoms with Crippen LogP contribution in [-0.4, -0.2) is 166 Å². The molecule has 2 heterocycles. The number of unbranched alkanes of at least 4 members (excludes halogenated alkanes) is 30. The Bertz CT molecular complexity index is 1820. The second-order valence-electron chi connectivity index (χ2n) is 25.5.